The number of hydrogen-bond acceptors (Lipinski definition) is 5. The molecule has 0 atom stereocenters. The van der Waals surface area contributed by atoms with Gasteiger partial charge in [-0.3, -0.25) is 4.79 Å². The molecular formula is C30H27N3O4. The van der Waals surface area contributed by atoms with Crippen LogP contribution in [0.25, 0.3) is 22.0 Å². The lowest BCUT2D eigenvalue weighted by molar-refractivity contribution is 0.0678. The molecule has 3 aromatic carbocycles. The number of carbonyl (C=O) groups is 1. The third kappa shape index (κ3) is 4.72. The normalized spacial score (nSPS) is 14.3. The molecule has 0 spiro atoms. The molecule has 1 fully saturated rings. The van der Waals surface area contributed by atoms with Crippen molar-refractivity contribution in [2.24, 2.45) is 5.92 Å². The summed E-state index contributed by atoms with van der Waals surface area (Å²) in [6, 6.07) is 26.8. The van der Waals surface area contributed by atoms with Crippen molar-refractivity contribution in [3.8, 4) is 5.75 Å². The van der Waals surface area contributed by atoms with Crippen molar-refractivity contribution < 1.29 is 13.9 Å². The minimum absolute atomic E-state index is 0.0955. The van der Waals surface area contributed by atoms with Gasteiger partial charge in [-0.05, 0) is 55.2 Å². The molecule has 1 aliphatic rings. The molecule has 1 saturated heterocycles. The SMILES string of the molecule is O=C(c1cc2ccccc2oc1=O)N1CCC(Cn2c(COc3ccccc3)nc3ccccc32)CC1. The molecule has 186 valence electrons. The molecule has 3 heterocycles. The first-order valence-electron chi connectivity index (χ1n) is 12.6. The van der Waals surface area contributed by atoms with Crippen molar-refractivity contribution in [1.29, 1.82) is 0 Å². The first kappa shape index (κ1) is 23.0. The summed E-state index contributed by atoms with van der Waals surface area (Å²) < 4.78 is 13.6. The van der Waals surface area contributed by atoms with Crippen LogP contribution in [0.3, 0.4) is 0 Å². The molecule has 0 saturated carbocycles. The number of likely N-dealkylation sites (tertiary alicyclic amines) is 1. The average Bonchev–Trinajstić information content (AvgIpc) is 3.29. The number of rotatable bonds is 6. The minimum Gasteiger partial charge on any atom is -0.486 e. The molecule has 1 amide bonds. The van der Waals surface area contributed by atoms with E-state index in [1.807, 2.05) is 60.7 Å². The molecule has 7 heteroatoms. The van der Waals surface area contributed by atoms with Gasteiger partial charge in [0.1, 0.15) is 29.3 Å². The third-order valence-electron chi connectivity index (χ3n) is 7.06. The number of aromatic nitrogens is 2. The molecule has 6 rings (SSSR count). The number of piperidine rings is 1. The van der Waals surface area contributed by atoms with Gasteiger partial charge in [0.15, 0.2) is 0 Å². The van der Waals surface area contributed by atoms with E-state index in [9.17, 15) is 9.59 Å². The Bertz CT molecular complexity index is 1610. The van der Waals surface area contributed by atoms with Crippen LogP contribution in [-0.2, 0) is 13.2 Å². The zero-order valence-corrected chi connectivity index (χ0v) is 20.4. The molecule has 5 aromatic rings. The van der Waals surface area contributed by atoms with Crippen LogP contribution in [-0.4, -0.2) is 33.4 Å². The quantitative estimate of drug-likeness (QED) is 0.301. The third-order valence-corrected chi connectivity index (χ3v) is 7.06. The van der Waals surface area contributed by atoms with Gasteiger partial charge >= 0.3 is 5.63 Å². The molecule has 1 aliphatic heterocycles. The van der Waals surface area contributed by atoms with E-state index in [0.29, 0.717) is 31.2 Å². The van der Waals surface area contributed by atoms with Crippen LogP contribution >= 0.6 is 0 Å². The number of fused-ring (bicyclic) bond motifs is 2. The lowest BCUT2D eigenvalue weighted by Gasteiger charge is -2.32. The van der Waals surface area contributed by atoms with Gasteiger partial charge in [-0.1, -0.05) is 48.5 Å². The first-order chi connectivity index (χ1) is 18.2. The van der Waals surface area contributed by atoms with Crippen LogP contribution in [0.2, 0.25) is 0 Å². The highest BCUT2D eigenvalue weighted by Crippen LogP contribution is 2.25. The molecule has 0 unspecified atom stereocenters. The Balaban J connectivity index is 1.16. The molecule has 37 heavy (non-hydrogen) atoms. The minimum atomic E-state index is -0.584. The maximum absolute atomic E-state index is 13.2. The van der Waals surface area contributed by atoms with Crippen LogP contribution in [0.4, 0.5) is 0 Å². The summed E-state index contributed by atoms with van der Waals surface area (Å²) in [4.78, 5) is 32.3. The number of ether oxygens (including phenoxy) is 1. The van der Waals surface area contributed by atoms with E-state index in [1.165, 1.54) is 0 Å². The predicted molar refractivity (Wildman–Crippen MR) is 142 cm³/mol. The van der Waals surface area contributed by atoms with E-state index < -0.39 is 5.63 Å². The Morgan fingerprint density at radius 2 is 1.68 bits per heavy atom. The van der Waals surface area contributed by atoms with Crippen LogP contribution in [0.1, 0.15) is 29.0 Å². The van der Waals surface area contributed by atoms with Gasteiger partial charge in [-0.15, -0.1) is 0 Å². The molecule has 2 aromatic heterocycles. The Morgan fingerprint density at radius 3 is 2.51 bits per heavy atom. The van der Waals surface area contributed by atoms with Crippen LogP contribution in [0.5, 0.6) is 5.75 Å². The molecular weight excluding hydrogens is 466 g/mol. The van der Waals surface area contributed by atoms with Gasteiger partial charge in [0.05, 0.1) is 11.0 Å². The Labute approximate surface area is 213 Å². The van der Waals surface area contributed by atoms with E-state index in [4.69, 9.17) is 14.1 Å². The number of benzene rings is 3. The van der Waals surface area contributed by atoms with Gasteiger partial charge in [0.25, 0.3) is 5.91 Å². The molecule has 7 nitrogen and oxygen atoms in total. The monoisotopic (exact) mass is 493 g/mol. The summed E-state index contributed by atoms with van der Waals surface area (Å²) in [5.41, 5.74) is 2.03. The molecule has 0 radical (unpaired) electrons. The van der Waals surface area contributed by atoms with Gasteiger partial charge in [-0.25, -0.2) is 9.78 Å². The van der Waals surface area contributed by atoms with Gasteiger partial charge < -0.3 is 18.6 Å². The zero-order valence-electron chi connectivity index (χ0n) is 20.4. The number of amides is 1. The van der Waals surface area contributed by atoms with E-state index in [1.54, 1.807) is 23.1 Å². The predicted octanol–water partition coefficient (Wildman–Crippen LogP) is 5.27. The summed E-state index contributed by atoms with van der Waals surface area (Å²) in [5.74, 6) is 1.82. The summed E-state index contributed by atoms with van der Waals surface area (Å²) in [7, 11) is 0. The Kier molecular flexibility index (Phi) is 6.18. The summed E-state index contributed by atoms with van der Waals surface area (Å²) >= 11 is 0. The smallest absolute Gasteiger partial charge is 0.349 e. The molecule has 0 aliphatic carbocycles. The zero-order chi connectivity index (χ0) is 25.2. The van der Waals surface area contributed by atoms with Gasteiger partial charge in [0.2, 0.25) is 0 Å². The molecule has 0 bridgehead atoms. The fraction of sp³-hybridized carbons (Fsp3) is 0.233. The maximum Gasteiger partial charge on any atom is 0.349 e. The second-order valence-corrected chi connectivity index (χ2v) is 9.45. The number of hydrogen-bond donors (Lipinski definition) is 0. The first-order valence-corrected chi connectivity index (χ1v) is 12.6. The second kappa shape index (κ2) is 9.93. The van der Waals surface area contributed by atoms with E-state index >= 15 is 0 Å². The van der Waals surface area contributed by atoms with Crippen molar-refractivity contribution in [3.63, 3.8) is 0 Å². The number of para-hydroxylation sites is 4. The number of imidazole rings is 1. The topological polar surface area (TPSA) is 77.6 Å². The summed E-state index contributed by atoms with van der Waals surface area (Å²) in [6.07, 6.45) is 1.69. The highest BCUT2D eigenvalue weighted by molar-refractivity contribution is 5.96. The van der Waals surface area contributed by atoms with E-state index in [-0.39, 0.29) is 11.5 Å². The summed E-state index contributed by atoms with van der Waals surface area (Å²) in [6.45, 7) is 2.37. The van der Waals surface area contributed by atoms with Crippen LogP contribution in [0.15, 0.2) is 94.1 Å². The van der Waals surface area contributed by atoms with Crippen molar-refractivity contribution in [1.82, 2.24) is 14.5 Å². The number of nitrogens with zero attached hydrogens (tertiary/aromatic N) is 3. The second-order valence-electron chi connectivity index (χ2n) is 9.45. The fourth-order valence-electron chi connectivity index (χ4n) is 5.06. The standard InChI is InChI=1S/C30H27N3O4/c34-29(24-18-22-8-4-7-13-27(22)37-30(24)35)32-16-14-21(15-17-32)19-33-26-12-6-5-11-25(26)31-28(33)20-36-23-9-2-1-3-10-23/h1-13,18,21H,14-17,19-20H2. The van der Waals surface area contributed by atoms with Crippen molar-refractivity contribution in [2.75, 3.05) is 13.1 Å². The van der Waals surface area contributed by atoms with Crippen molar-refractivity contribution in [3.05, 3.63) is 107 Å². The van der Waals surface area contributed by atoms with Crippen molar-refractivity contribution >= 4 is 27.9 Å². The van der Waals surface area contributed by atoms with Crippen molar-refractivity contribution in [2.45, 2.75) is 26.0 Å². The Hall–Kier alpha value is -4.39. The Morgan fingerprint density at radius 1 is 0.946 bits per heavy atom. The fourth-order valence-corrected chi connectivity index (χ4v) is 5.06. The lowest BCUT2D eigenvalue weighted by atomic mass is 9.96. The lowest BCUT2D eigenvalue weighted by Crippen LogP contribution is -2.41. The highest BCUT2D eigenvalue weighted by atomic mass is 16.5. The largest absolute Gasteiger partial charge is 0.486 e. The number of carbonyl (C=O) groups excluding carboxylic acids is 1. The average molecular weight is 494 g/mol. The van der Waals surface area contributed by atoms with Gasteiger partial charge in [-0.2, -0.15) is 0 Å². The van der Waals surface area contributed by atoms with Crippen LogP contribution < -0.4 is 10.4 Å². The summed E-state index contributed by atoms with van der Waals surface area (Å²) in [5, 5.41) is 0.748. The maximum atomic E-state index is 13.2. The highest BCUT2D eigenvalue weighted by Gasteiger charge is 2.27. The van der Waals surface area contributed by atoms with E-state index in [2.05, 4.69) is 10.6 Å². The van der Waals surface area contributed by atoms with E-state index in [0.717, 1.165) is 47.4 Å². The van der Waals surface area contributed by atoms with Gasteiger partial charge in [0, 0.05) is 25.0 Å². The van der Waals surface area contributed by atoms with Crippen LogP contribution in [0, 0.1) is 5.92 Å². The molecule has 0 N–H and O–H groups in total.